The van der Waals surface area contributed by atoms with Crippen molar-refractivity contribution in [1.29, 1.82) is 0 Å². The molecule has 0 aliphatic rings. The van der Waals surface area contributed by atoms with Gasteiger partial charge in [0.15, 0.2) is 10.9 Å². The van der Waals surface area contributed by atoms with E-state index in [1.807, 2.05) is 80.6 Å². The molecule has 41 heavy (non-hydrogen) atoms. The van der Waals surface area contributed by atoms with Gasteiger partial charge in [0.2, 0.25) is 0 Å². The van der Waals surface area contributed by atoms with Gasteiger partial charge in [-0.05, 0) is 61.7 Å². The zero-order chi connectivity index (χ0) is 28.6. The second-order valence-electron chi connectivity index (χ2n) is 9.64. The van der Waals surface area contributed by atoms with E-state index in [-0.39, 0.29) is 17.5 Å². The molecule has 0 aliphatic heterocycles. The van der Waals surface area contributed by atoms with Crippen LogP contribution in [0.4, 0.5) is 0 Å². The van der Waals surface area contributed by atoms with Crippen molar-refractivity contribution in [1.82, 2.24) is 30.3 Å². The van der Waals surface area contributed by atoms with E-state index in [4.69, 9.17) is 4.74 Å². The van der Waals surface area contributed by atoms with Crippen molar-refractivity contribution in [3.8, 4) is 11.4 Å². The largest absolute Gasteiger partial charge is 0.497 e. The molecule has 5 rings (SSSR count). The second-order valence-corrected chi connectivity index (χ2v) is 10.6. The van der Waals surface area contributed by atoms with Crippen molar-refractivity contribution in [2.45, 2.75) is 37.1 Å². The monoisotopic (exact) mass is 564 g/mol. The summed E-state index contributed by atoms with van der Waals surface area (Å²) in [5, 5.41) is 12.4. The average molecular weight is 565 g/mol. The lowest BCUT2D eigenvalue weighted by molar-refractivity contribution is 0.0947. The number of aryl methyl sites for hydroxylation is 2. The van der Waals surface area contributed by atoms with Gasteiger partial charge in [0.1, 0.15) is 5.75 Å². The van der Waals surface area contributed by atoms with Gasteiger partial charge in [-0.15, -0.1) is 5.10 Å². The standard InChI is InChI=1S/C32H32N6O2S/c1-22-20-23(2)35-32(34-22)41-21-29-30(36-37-38(29)26-14-16-27(40-3)17-15-26)31(39)33-19-18-28(24-10-6-4-7-11-24)25-12-8-5-9-13-25/h4-17,20,28H,18-19,21H2,1-3H3,(H,33,39). The summed E-state index contributed by atoms with van der Waals surface area (Å²) in [4.78, 5) is 22.6. The summed E-state index contributed by atoms with van der Waals surface area (Å²) in [7, 11) is 1.62. The summed E-state index contributed by atoms with van der Waals surface area (Å²) in [6.45, 7) is 4.37. The maximum atomic E-state index is 13.5. The van der Waals surface area contributed by atoms with E-state index in [1.165, 1.54) is 22.9 Å². The molecule has 3 aromatic carbocycles. The molecular weight excluding hydrogens is 532 g/mol. The van der Waals surface area contributed by atoms with E-state index < -0.39 is 0 Å². The number of methoxy groups -OCH3 is 1. The van der Waals surface area contributed by atoms with Crippen LogP contribution in [0.2, 0.25) is 0 Å². The third kappa shape index (κ3) is 6.99. The summed E-state index contributed by atoms with van der Waals surface area (Å²) >= 11 is 1.45. The fourth-order valence-electron chi connectivity index (χ4n) is 4.74. The Kier molecular flexibility index (Phi) is 9.05. The molecule has 0 unspecified atom stereocenters. The minimum absolute atomic E-state index is 0.157. The molecule has 9 heteroatoms. The molecule has 208 valence electrons. The Hall–Kier alpha value is -4.50. The summed E-state index contributed by atoms with van der Waals surface area (Å²) in [5.74, 6) is 1.05. The Bertz CT molecular complexity index is 1530. The quantitative estimate of drug-likeness (QED) is 0.157. The Balaban J connectivity index is 1.37. The molecule has 0 saturated carbocycles. The van der Waals surface area contributed by atoms with Crippen LogP contribution in [0, 0.1) is 13.8 Å². The number of aromatic nitrogens is 5. The number of thioether (sulfide) groups is 1. The zero-order valence-corrected chi connectivity index (χ0v) is 24.1. The molecule has 0 bridgehead atoms. The number of hydrogen-bond donors (Lipinski definition) is 1. The Morgan fingerprint density at radius 2 is 1.51 bits per heavy atom. The number of rotatable bonds is 11. The van der Waals surface area contributed by atoms with E-state index >= 15 is 0 Å². The van der Waals surface area contributed by atoms with E-state index in [0.717, 1.165) is 29.2 Å². The summed E-state index contributed by atoms with van der Waals surface area (Å²) in [6.07, 6.45) is 0.743. The average Bonchev–Trinajstić information content (AvgIpc) is 3.43. The highest BCUT2D eigenvalue weighted by molar-refractivity contribution is 7.98. The number of ether oxygens (including phenoxy) is 1. The molecule has 1 amide bonds. The molecule has 2 heterocycles. The third-order valence-corrected chi connectivity index (χ3v) is 7.58. The number of amides is 1. The van der Waals surface area contributed by atoms with Crippen LogP contribution >= 0.6 is 11.8 Å². The van der Waals surface area contributed by atoms with Gasteiger partial charge >= 0.3 is 0 Å². The van der Waals surface area contributed by atoms with Crippen molar-refractivity contribution in [3.63, 3.8) is 0 Å². The lowest BCUT2D eigenvalue weighted by Gasteiger charge is -2.18. The molecule has 1 N–H and O–H groups in total. The maximum Gasteiger partial charge on any atom is 0.273 e. The molecule has 0 aliphatic carbocycles. The van der Waals surface area contributed by atoms with Crippen molar-refractivity contribution in [2.24, 2.45) is 0 Å². The van der Waals surface area contributed by atoms with Crippen LogP contribution in [0.25, 0.3) is 5.69 Å². The van der Waals surface area contributed by atoms with Crippen LogP contribution in [0.5, 0.6) is 5.75 Å². The van der Waals surface area contributed by atoms with Gasteiger partial charge in [-0.1, -0.05) is 77.6 Å². The van der Waals surface area contributed by atoms with Gasteiger partial charge < -0.3 is 10.1 Å². The van der Waals surface area contributed by atoms with Gasteiger partial charge in [-0.3, -0.25) is 4.79 Å². The van der Waals surface area contributed by atoms with E-state index in [9.17, 15) is 4.79 Å². The van der Waals surface area contributed by atoms with E-state index in [1.54, 1.807) is 11.8 Å². The molecule has 0 saturated heterocycles. The molecule has 8 nitrogen and oxygen atoms in total. The van der Waals surface area contributed by atoms with Gasteiger partial charge in [0.05, 0.1) is 18.5 Å². The fraction of sp³-hybridized carbons (Fsp3) is 0.219. The first-order valence-corrected chi connectivity index (χ1v) is 14.4. The number of hydrogen-bond acceptors (Lipinski definition) is 7. The lowest BCUT2D eigenvalue weighted by Crippen LogP contribution is -2.27. The molecule has 0 radical (unpaired) electrons. The normalized spacial score (nSPS) is 11.0. The van der Waals surface area contributed by atoms with Crippen molar-refractivity contribution in [2.75, 3.05) is 13.7 Å². The summed E-state index contributed by atoms with van der Waals surface area (Å²) in [6, 6.07) is 30.2. The topological polar surface area (TPSA) is 94.8 Å². The third-order valence-electron chi connectivity index (χ3n) is 6.72. The highest BCUT2D eigenvalue weighted by Crippen LogP contribution is 2.28. The van der Waals surface area contributed by atoms with Crippen LogP contribution < -0.4 is 10.1 Å². The minimum Gasteiger partial charge on any atom is -0.497 e. The van der Waals surface area contributed by atoms with Crippen LogP contribution in [0.3, 0.4) is 0 Å². The molecule has 0 fully saturated rings. The number of carbonyl (C=O) groups excluding carboxylic acids is 1. The molecule has 0 atom stereocenters. The second kappa shape index (κ2) is 13.2. The maximum absolute atomic E-state index is 13.5. The van der Waals surface area contributed by atoms with Crippen molar-refractivity contribution in [3.05, 3.63) is 125 Å². The fourth-order valence-corrected chi connectivity index (χ4v) is 5.68. The Morgan fingerprint density at radius 3 is 2.10 bits per heavy atom. The molecule has 0 spiro atoms. The zero-order valence-electron chi connectivity index (χ0n) is 23.3. The highest BCUT2D eigenvalue weighted by Gasteiger charge is 2.22. The van der Waals surface area contributed by atoms with E-state index in [2.05, 4.69) is 49.9 Å². The predicted molar refractivity (Wildman–Crippen MR) is 161 cm³/mol. The molecular formula is C32H32N6O2S. The Morgan fingerprint density at radius 1 is 0.902 bits per heavy atom. The van der Waals surface area contributed by atoms with Crippen LogP contribution in [0.1, 0.15) is 51.0 Å². The van der Waals surface area contributed by atoms with Gasteiger partial charge in [0, 0.05) is 29.6 Å². The lowest BCUT2D eigenvalue weighted by atomic mass is 9.88. The number of benzene rings is 3. The summed E-state index contributed by atoms with van der Waals surface area (Å²) < 4.78 is 7.00. The van der Waals surface area contributed by atoms with Gasteiger partial charge in [0.25, 0.3) is 5.91 Å². The SMILES string of the molecule is COc1ccc(-n2nnc(C(=O)NCCC(c3ccccc3)c3ccccc3)c2CSc2nc(C)cc(C)n2)cc1. The Labute approximate surface area is 244 Å². The van der Waals surface area contributed by atoms with Crippen LogP contribution in [0.15, 0.2) is 96.2 Å². The summed E-state index contributed by atoms with van der Waals surface area (Å²) in [5.41, 5.74) is 5.95. The van der Waals surface area contributed by atoms with Crippen LogP contribution in [-0.4, -0.2) is 44.5 Å². The number of carbonyl (C=O) groups is 1. The van der Waals surface area contributed by atoms with Gasteiger partial charge in [-0.25, -0.2) is 14.6 Å². The number of nitrogens with one attached hydrogen (secondary N) is 1. The first-order valence-electron chi connectivity index (χ1n) is 13.4. The molecule has 2 aromatic heterocycles. The highest BCUT2D eigenvalue weighted by atomic mass is 32.2. The molecule has 5 aromatic rings. The smallest absolute Gasteiger partial charge is 0.273 e. The number of nitrogens with zero attached hydrogens (tertiary/aromatic N) is 5. The minimum atomic E-state index is -0.262. The van der Waals surface area contributed by atoms with Crippen molar-refractivity contribution < 1.29 is 9.53 Å². The van der Waals surface area contributed by atoms with Crippen LogP contribution in [-0.2, 0) is 5.75 Å². The van der Waals surface area contributed by atoms with E-state index in [0.29, 0.717) is 23.1 Å². The van der Waals surface area contributed by atoms with Crippen molar-refractivity contribution >= 4 is 17.7 Å². The van der Waals surface area contributed by atoms with Gasteiger partial charge in [-0.2, -0.15) is 0 Å². The first kappa shape index (κ1) is 28.0. The predicted octanol–water partition coefficient (Wildman–Crippen LogP) is 5.93. The first-order chi connectivity index (χ1) is 20.0.